The summed E-state index contributed by atoms with van der Waals surface area (Å²) < 4.78 is 52.8. The van der Waals surface area contributed by atoms with Crippen molar-refractivity contribution in [3.63, 3.8) is 0 Å². The molecule has 0 bridgehead atoms. The van der Waals surface area contributed by atoms with Crippen LogP contribution in [0.5, 0.6) is 5.88 Å². The number of aromatic carboxylic acids is 1. The SMILES string of the molecule is O=C(O)c1ccnnc1OCC(F)(F)C(F)F. The summed E-state index contributed by atoms with van der Waals surface area (Å²) in [6.45, 7) is -1.68. The van der Waals surface area contributed by atoms with Gasteiger partial charge >= 0.3 is 18.3 Å². The van der Waals surface area contributed by atoms with E-state index in [9.17, 15) is 22.4 Å². The molecule has 9 heteroatoms. The predicted molar refractivity (Wildman–Crippen MR) is 45.4 cm³/mol. The molecule has 17 heavy (non-hydrogen) atoms. The fraction of sp³-hybridized carbons (Fsp3) is 0.375. The molecule has 1 N–H and O–H groups in total. The molecule has 1 heterocycles. The molecule has 0 saturated carbocycles. The quantitative estimate of drug-likeness (QED) is 0.805. The van der Waals surface area contributed by atoms with Gasteiger partial charge in [-0.15, -0.1) is 5.10 Å². The van der Waals surface area contributed by atoms with Gasteiger partial charge < -0.3 is 9.84 Å². The maximum absolute atomic E-state index is 12.5. The molecule has 1 aromatic heterocycles. The molecule has 0 aliphatic heterocycles. The number of nitrogens with zero attached hydrogens (tertiary/aromatic N) is 2. The highest BCUT2D eigenvalue weighted by atomic mass is 19.3. The molecule has 0 saturated heterocycles. The number of hydrogen-bond acceptors (Lipinski definition) is 4. The zero-order valence-electron chi connectivity index (χ0n) is 8.11. The maximum Gasteiger partial charge on any atom is 0.341 e. The van der Waals surface area contributed by atoms with Gasteiger partial charge in [0, 0.05) is 0 Å². The molecule has 0 radical (unpaired) electrons. The Labute approximate surface area is 92.0 Å². The minimum absolute atomic E-state index is 0.537. The summed E-state index contributed by atoms with van der Waals surface area (Å²) >= 11 is 0. The van der Waals surface area contributed by atoms with E-state index in [1.165, 1.54) is 0 Å². The minimum atomic E-state index is -4.38. The molecule has 0 unspecified atom stereocenters. The molecule has 0 aliphatic carbocycles. The van der Waals surface area contributed by atoms with Crippen molar-refractivity contribution in [3.8, 4) is 5.88 Å². The summed E-state index contributed by atoms with van der Waals surface area (Å²) in [6.07, 6.45) is -2.91. The van der Waals surface area contributed by atoms with Gasteiger partial charge in [-0.2, -0.15) is 13.9 Å². The van der Waals surface area contributed by atoms with E-state index in [1.54, 1.807) is 0 Å². The van der Waals surface area contributed by atoms with Crippen molar-refractivity contribution in [3.05, 3.63) is 17.8 Å². The van der Waals surface area contributed by atoms with Crippen molar-refractivity contribution < 1.29 is 32.2 Å². The van der Waals surface area contributed by atoms with Gasteiger partial charge in [0.15, 0.2) is 6.61 Å². The summed E-state index contributed by atoms with van der Waals surface area (Å²) in [4.78, 5) is 10.6. The molecule has 5 nitrogen and oxygen atoms in total. The first-order chi connectivity index (χ1) is 7.84. The lowest BCUT2D eigenvalue weighted by atomic mass is 10.3. The van der Waals surface area contributed by atoms with Crippen LogP contribution in [-0.4, -0.2) is 40.2 Å². The van der Waals surface area contributed by atoms with E-state index >= 15 is 0 Å². The number of carboxylic acids is 1. The monoisotopic (exact) mass is 254 g/mol. The molecular formula is C8H6F4N2O3. The Kier molecular flexibility index (Phi) is 3.81. The van der Waals surface area contributed by atoms with E-state index in [1.807, 2.05) is 0 Å². The third-order valence-electron chi connectivity index (χ3n) is 1.64. The number of ether oxygens (including phenoxy) is 1. The number of halogens is 4. The number of rotatable bonds is 5. The molecule has 0 aliphatic rings. The van der Waals surface area contributed by atoms with E-state index in [0.717, 1.165) is 12.3 Å². The van der Waals surface area contributed by atoms with Gasteiger partial charge in [0.2, 0.25) is 5.88 Å². The van der Waals surface area contributed by atoms with Crippen LogP contribution in [0.1, 0.15) is 10.4 Å². The van der Waals surface area contributed by atoms with Crippen LogP contribution in [0, 0.1) is 0 Å². The number of aromatic nitrogens is 2. The Morgan fingerprint density at radius 2 is 2.18 bits per heavy atom. The van der Waals surface area contributed by atoms with Gasteiger partial charge in [-0.05, 0) is 6.07 Å². The Morgan fingerprint density at radius 1 is 1.53 bits per heavy atom. The summed E-state index contributed by atoms with van der Waals surface area (Å²) in [5, 5.41) is 15.0. The molecular weight excluding hydrogens is 248 g/mol. The van der Waals surface area contributed by atoms with E-state index < -0.39 is 36.4 Å². The summed E-state index contributed by atoms with van der Waals surface area (Å²) in [7, 11) is 0. The van der Waals surface area contributed by atoms with Gasteiger partial charge in [0.05, 0.1) is 6.20 Å². The number of carboxylic acid groups (broad SMARTS) is 1. The second kappa shape index (κ2) is 4.93. The molecule has 94 valence electrons. The zero-order chi connectivity index (χ0) is 13.1. The van der Waals surface area contributed by atoms with Gasteiger partial charge in [-0.3, -0.25) is 0 Å². The van der Waals surface area contributed by atoms with Gasteiger partial charge in [0.1, 0.15) is 5.56 Å². The largest absolute Gasteiger partial charge is 0.477 e. The first-order valence-electron chi connectivity index (χ1n) is 4.18. The van der Waals surface area contributed by atoms with Crippen molar-refractivity contribution in [2.24, 2.45) is 0 Å². The Balaban J connectivity index is 2.79. The van der Waals surface area contributed by atoms with Crippen molar-refractivity contribution in [1.29, 1.82) is 0 Å². The fourth-order valence-corrected chi connectivity index (χ4v) is 0.816. The highest BCUT2D eigenvalue weighted by molar-refractivity contribution is 5.89. The molecule has 0 spiro atoms. The van der Waals surface area contributed by atoms with Gasteiger partial charge in [-0.1, -0.05) is 0 Å². The van der Waals surface area contributed by atoms with Crippen LogP contribution in [0.2, 0.25) is 0 Å². The van der Waals surface area contributed by atoms with Crippen LogP contribution in [0.4, 0.5) is 17.6 Å². The van der Waals surface area contributed by atoms with Gasteiger partial charge in [0.25, 0.3) is 0 Å². The van der Waals surface area contributed by atoms with E-state index in [0.29, 0.717) is 0 Å². The summed E-state index contributed by atoms with van der Waals surface area (Å²) in [6, 6.07) is 0.950. The standard InChI is InChI=1S/C8H6F4N2O3/c9-7(10)8(11,12)3-17-5-4(6(15)16)1-2-13-14-5/h1-2,7H,3H2,(H,15,16). The highest BCUT2D eigenvalue weighted by Gasteiger charge is 2.42. The smallest absolute Gasteiger partial charge is 0.341 e. The van der Waals surface area contributed by atoms with Crippen molar-refractivity contribution >= 4 is 5.97 Å². The average Bonchev–Trinajstić information content (AvgIpc) is 2.26. The van der Waals surface area contributed by atoms with E-state index in [2.05, 4.69) is 14.9 Å². The Morgan fingerprint density at radius 3 is 2.71 bits per heavy atom. The van der Waals surface area contributed by atoms with Crippen LogP contribution in [0.25, 0.3) is 0 Å². The minimum Gasteiger partial charge on any atom is -0.477 e. The van der Waals surface area contributed by atoms with Crippen LogP contribution in [-0.2, 0) is 0 Å². The predicted octanol–water partition coefficient (Wildman–Crippen LogP) is 1.45. The molecule has 0 fully saturated rings. The van der Waals surface area contributed by atoms with Crippen LogP contribution >= 0.6 is 0 Å². The second-order valence-electron chi connectivity index (χ2n) is 2.91. The average molecular weight is 254 g/mol. The van der Waals surface area contributed by atoms with Crippen molar-refractivity contribution in [2.45, 2.75) is 12.3 Å². The first kappa shape index (κ1) is 13.1. The lowest BCUT2D eigenvalue weighted by Crippen LogP contribution is -2.34. The lowest BCUT2D eigenvalue weighted by molar-refractivity contribution is -0.148. The summed E-state index contributed by atoms with van der Waals surface area (Å²) in [5.74, 6) is -6.61. The molecule has 1 aromatic rings. The normalized spacial score (nSPS) is 11.6. The van der Waals surface area contributed by atoms with E-state index in [-0.39, 0.29) is 0 Å². The number of hydrogen-bond donors (Lipinski definition) is 1. The number of alkyl halides is 4. The molecule has 0 atom stereocenters. The lowest BCUT2D eigenvalue weighted by Gasteiger charge is -2.15. The third kappa shape index (κ3) is 3.26. The van der Waals surface area contributed by atoms with Crippen molar-refractivity contribution in [2.75, 3.05) is 6.61 Å². The van der Waals surface area contributed by atoms with Gasteiger partial charge in [-0.25, -0.2) is 13.6 Å². The topological polar surface area (TPSA) is 72.3 Å². The highest BCUT2D eigenvalue weighted by Crippen LogP contribution is 2.24. The Hall–Kier alpha value is -1.93. The Bertz CT molecular complexity index is 414. The number of carbonyl (C=O) groups is 1. The van der Waals surface area contributed by atoms with Crippen LogP contribution in [0.3, 0.4) is 0 Å². The molecule has 0 amide bonds. The van der Waals surface area contributed by atoms with Crippen molar-refractivity contribution in [1.82, 2.24) is 10.2 Å². The third-order valence-corrected chi connectivity index (χ3v) is 1.64. The van der Waals surface area contributed by atoms with E-state index in [4.69, 9.17) is 5.11 Å². The van der Waals surface area contributed by atoms with Crippen LogP contribution < -0.4 is 4.74 Å². The molecule has 1 rings (SSSR count). The van der Waals surface area contributed by atoms with Crippen LogP contribution in [0.15, 0.2) is 12.3 Å². The molecule has 0 aromatic carbocycles. The summed E-state index contributed by atoms with van der Waals surface area (Å²) in [5.41, 5.74) is -0.537. The first-order valence-corrected chi connectivity index (χ1v) is 4.18. The fourth-order valence-electron chi connectivity index (χ4n) is 0.816. The maximum atomic E-state index is 12.5. The zero-order valence-corrected chi connectivity index (χ0v) is 8.11. The second-order valence-corrected chi connectivity index (χ2v) is 2.91.